The minimum atomic E-state index is -0.427. The molecular formula is C37H47NO5. The van der Waals surface area contributed by atoms with Crippen molar-refractivity contribution in [1.82, 2.24) is 4.90 Å². The van der Waals surface area contributed by atoms with Crippen LogP contribution in [-0.2, 0) is 20.9 Å². The van der Waals surface area contributed by atoms with Crippen molar-refractivity contribution in [1.29, 1.82) is 0 Å². The average Bonchev–Trinajstić information content (AvgIpc) is 2.89. The molecule has 230 valence electrons. The van der Waals surface area contributed by atoms with Crippen LogP contribution in [0.25, 0.3) is 0 Å². The number of carbonyl (C=O) groups excluding carboxylic acids is 2. The molecule has 2 aromatic rings. The number of aryl methyl sites for hydroxylation is 2. The Labute approximate surface area is 257 Å². The molecule has 0 unspecified atom stereocenters. The fourth-order valence-electron chi connectivity index (χ4n) is 7.24. The highest BCUT2D eigenvalue weighted by Gasteiger charge is 2.49. The molecule has 1 heterocycles. The van der Waals surface area contributed by atoms with Gasteiger partial charge in [-0.05, 0) is 67.7 Å². The van der Waals surface area contributed by atoms with Crippen molar-refractivity contribution < 1.29 is 23.8 Å². The van der Waals surface area contributed by atoms with Crippen molar-refractivity contribution in [2.45, 2.75) is 86.7 Å². The molecular weight excluding hydrogens is 538 g/mol. The van der Waals surface area contributed by atoms with Crippen LogP contribution in [0.2, 0.25) is 0 Å². The van der Waals surface area contributed by atoms with Crippen LogP contribution in [-0.4, -0.2) is 43.3 Å². The molecule has 0 fully saturated rings. The number of nitrogens with zero attached hydrogens (tertiary/aromatic N) is 1. The van der Waals surface area contributed by atoms with E-state index in [0.29, 0.717) is 50.7 Å². The van der Waals surface area contributed by atoms with Gasteiger partial charge in [0, 0.05) is 55.0 Å². The highest BCUT2D eigenvalue weighted by Crippen LogP contribution is 2.54. The van der Waals surface area contributed by atoms with Gasteiger partial charge in [0.1, 0.15) is 6.61 Å². The van der Waals surface area contributed by atoms with E-state index in [-0.39, 0.29) is 22.4 Å². The minimum absolute atomic E-state index is 0.121. The predicted octanol–water partition coefficient (Wildman–Crippen LogP) is 7.61. The molecule has 0 saturated heterocycles. The van der Waals surface area contributed by atoms with Gasteiger partial charge in [0.15, 0.2) is 23.1 Å². The summed E-state index contributed by atoms with van der Waals surface area (Å²) in [4.78, 5) is 30.3. The smallest absolute Gasteiger partial charge is 0.162 e. The number of ketones is 2. The lowest BCUT2D eigenvalue weighted by Crippen LogP contribution is -2.45. The Kier molecular flexibility index (Phi) is 8.63. The zero-order valence-electron chi connectivity index (χ0n) is 27.2. The van der Waals surface area contributed by atoms with E-state index in [9.17, 15) is 9.59 Å². The van der Waals surface area contributed by atoms with Crippen LogP contribution >= 0.6 is 0 Å². The molecule has 43 heavy (non-hydrogen) atoms. The van der Waals surface area contributed by atoms with E-state index in [2.05, 4.69) is 64.6 Å². The summed E-state index contributed by atoms with van der Waals surface area (Å²) in [6, 6.07) is 12.4. The van der Waals surface area contributed by atoms with Gasteiger partial charge >= 0.3 is 0 Å². The van der Waals surface area contributed by atoms with Crippen LogP contribution in [0.4, 0.5) is 0 Å². The monoisotopic (exact) mass is 585 g/mol. The quantitative estimate of drug-likeness (QED) is 0.302. The fourth-order valence-corrected chi connectivity index (χ4v) is 7.24. The Balaban J connectivity index is 1.62. The molecule has 3 aliphatic rings. The molecule has 0 amide bonds. The molecule has 2 aliphatic carbocycles. The van der Waals surface area contributed by atoms with E-state index >= 15 is 0 Å². The number of hydrogen-bond donors (Lipinski definition) is 0. The molecule has 6 nitrogen and oxygen atoms in total. The number of allylic oxidation sites excluding steroid dienone is 4. The Morgan fingerprint density at radius 1 is 0.791 bits per heavy atom. The van der Waals surface area contributed by atoms with Gasteiger partial charge in [0.05, 0.1) is 13.2 Å². The van der Waals surface area contributed by atoms with Gasteiger partial charge in [-0.3, -0.25) is 9.59 Å². The third-order valence-electron chi connectivity index (χ3n) is 8.82. The standard InChI is InChI=1S/C37H47NO5/c1-9-42-32-17-26(10-11-31(32)43-22-25-15-23(2)14-24(3)16-25)33-34-27(18-36(4,5)20-29(34)39)38(12-13-41-8)28-19-37(6,7)21-30(40)35(28)33/h10-11,14-17,33H,9,12-13,18-22H2,1-8H3. The molecule has 0 radical (unpaired) electrons. The third kappa shape index (κ3) is 6.45. The zero-order chi connectivity index (χ0) is 31.1. The van der Waals surface area contributed by atoms with Crippen LogP contribution < -0.4 is 9.47 Å². The molecule has 6 heteroatoms. The summed E-state index contributed by atoms with van der Waals surface area (Å²) in [7, 11) is 1.70. The molecule has 0 aromatic heterocycles. The molecule has 0 atom stereocenters. The van der Waals surface area contributed by atoms with Crippen molar-refractivity contribution in [3.05, 3.63) is 81.2 Å². The van der Waals surface area contributed by atoms with Gasteiger partial charge in [-0.25, -0.2) is 0 Å². The van der Waals surface area contributed by atoms with Crippen LogP contribution in [0.1, 0.15) is 88.5 Å². The minimum Gasteiger partial charge on any atom is -0.490 e. The predicted molar refractivity (Wildman–Crippen MR) is 169 cm³/mol. The maximum absolute atomic E-state index is 14.0. The first kappa shape index (κ1) is 31.1. The number of Topliss-reactive ketones (excluding diaryl/α,β-unsaturated/α-hetero) is 2. The third-order valence-corrected chi connectivity index (χ3v) is 8.82. The lowest BCUT2D eigenvalue weighted by atomic mass is 9.63. The van der Waals surface area contributed by atoms with Gasteiger partial charge in [-0.1, -0.05) is 63.1 Å². The van der Waals surface area contributed by atoms with Crippen molar-refractivity contribution in [3.8, 4) is 11.5 Å². The van der Waals surface area contributed by atoms with E-state index in [0.717, 1.165) is 46.5 Å². The maximum Gasteiger partial charge on any atom is 0.162 e. The number of ether oxygens (including phenoxy) is 3. The molecule has 1 aliphatic heterocycles. The Hall–Kier alpha value is -3.38. The average molecular weight is 586 g/mol. The molecule has 2 aromatic carbocycles. The van der Waals surface area contributed by atoms with Gasteiger partial charge < -0.3 is 19.1 Å². The Morgan fingerprint density at radius 3 is 1.91 bits per heavy atom. The van der Waals surface area contributed by atoms with Gasteiger partial charge in [-0.15, -0.1) is 0 Å². The summed E-state index contributed by atoms with van der Waals surface area (Å²) in [6.45, 7) is 16.8. The second-order valence-corrected chi connectivity index (χ2v) is 14.1. The highest BCUT2D eigenvalue weighted by atomic mass is 16.5. The first-order valence-electron chi connectivity index (χ1n) is 15.6. The molecule has 0 N–H and O–H groups in total. The normalized spacial score (nSPS) is 19.9. The van der Waals surface area contributed by atoms with Crippen LogP contribution in [0.5, 0.6) is 11.5 Å². The highest BCUT2D eigenvalue weighted by molar-refractivity contribution is 6.06. The lowest BCUT2D eigenvalue weighted by molar-refractivity contribution is -0.119. The number of benzene rings is 2. The molecule has 0 bridgehead atoms. The van der Waals surface area contributed by atoms with E-state index in [1.807, 2.05) is 25.1 Å². The molecule has 0 spiro atoms. The summed E-state index contributed by atoms with van der Waals surface area (Å²) in [5.41, 5.74) is 7.66. The number of hydrogen-bond acceptors (Lipinski definition) is 6. The fraction of sp³-hybridized carbons (Fsp3) is 0.514. The van der Waals surface area contributed by atoms with E-state index < -0.39 is 5.92 Å². The van der Waals surface area contributed by atoms with Crippen LogP contribution in [0.3, 0.4) is 0 Å². The summed E-state index contributed by atoms with van der Waals surface area (Å²) < 4.78 is 17.9. The van der Waals surface area contributed by atoms with Crippen molar-refractivity contribution in [2.24, 2.45) is 10.8 Å². The maximum atomic E-state index is 14.0. The second-order valence-electron chi connectivity index (χ2n) is 14.1. The van der Waals surface area contributed by atoms with Gasteiger partial charge in [-0.2, -0.15) is 0 Å². The lowest BCUT2D eigenvalue weighted by Gasteiger charge is -2.49. The van der Waals surface area contributed by atoms with Crippen molar-refractivity contribution >= 4 is 11.6 Å². The van der Waals surface area contributed by atoms with Gasteiger partial charge in [0.2, 0.25) is 0 Å². The van der Waals surface area contributed by atoms with Gasteiger partial charge in [0.25, 0.3) is 0 Å². The topological polar surface area (TPSA) is 65.1 Å². The first-order chi connectivity index (χ1) is 20.3. The van der Waals surface area contributed by atoms with Crippen molar-refractivity contribution in [2.75, 3.05) is 26.9 Å². The SMILES string of the molecule is CCOc1cc(C2C3=C(CC(C)(C)CC3=O)N(CCOC)C3=C2C(=O)CC(C)(C)C3)ccc1OCc1cc(C)cc(C)c1. The number of carbonyl (C=O) groups is 2. The summed E-state index contributed by atoms with van der Waals surface area (Å²) in [6.07, 6.45) is 2.46. The second kappa shape index (κ2) is 12.0. The van der Waals surface area contributed by atoms with Crippen LogP contribution in [0.15, 0.2) is 58.9 Å². The van der Waals surface area contributed by atoms with E-state index in [4.69, 9.17) is 14.2 Å². The first-order valence-corrected chi connectivity index (χ1v) is 15.6. The number of methoxy groups -OCH3 is 1. The largest absolute Gasteiger partial charge is 0.490 e. The molecule has 5 rings (SSSR count). The summed E-state index contributed by atoms with van der Waals surface area (Å²) >= 11 is 0. The number of rotatable bonds is 9. The van der Waals surface area contributed by atoms with Crippen molar-refractivity contribution in [3.63, 3.8) is 0 Å². The summed E-state index contributed by atoms with van der Waals surface area (Å²) in [5.74, 6) is 1.09. The summed E-state index contributed by atoms with van der Waals surface area (Å²) in [5, 5.41) is 0. The zero-order valence-corrected chi connectivity index (χ0v) is 27.2. The molecule has 0 saturated carbocycles. The van der Waals surface area contributed by atoms with E-state index in [1.54, 1.807) is 7.11 Å². The Bertz CT molecular complexity index is 1420. The van der Waals surface area contributed by atoms with Crippen LogP contribution in [0, 0.1) is 24.7 Å². The Morgan fingerprint density at radius 2 is 1.37 bits per heavy atom. The van der Waals surface area contributed by atoms with E-state index in [1.165, 1.54) is 11.1 Å².